The van der Waals surface area contributed by atoms with Crippen molar-refractivity contribution < 1.29 is 14.3 Å². The van der Waals surface area contributed by atoms with Crippen LogP contribution >= 0.6 is 0 Å². The second-order valence-electron chi connectivity index (χ2n) is 3.66. The van der Waals surface area contributed by atoms with Gasteiger partial charge in [0.1, 0.15) is 5.75 Å². The van der Waals surface area contributed by atoms with E-state index in [1.807, 2.05) is 31.2 Å². The Morgan fingerprint density at radius 3 is 2.94 bits per heavy atom. The highest BCUT2D eigenvalue weighted by atomic mass is 16.5. The number of nitrogens with one attached hydrogen (secondary N) is 1. The van der Waals surface area contributed by atoms with Crippen LogP contribution in [0.2, 0.25) is 0 Å². The van der Waals surface area contributed by atoms with Crippen molar-refractivity contribution >= 4 is 6.09 Å². The van der Waals surface area contributed by atoms with Crippen molar-refractivity contribution in [1.82, 2.24) is 5.32 Å². The summed E-state index contributed by atoms with van der Waals surface area (Å²) in [6.45, 7) is 2.99. The molecule has 17 heavy (non-hydrogen) atoms. The van der Waals surface area contributed by atoms with Crippen molar-refractivity contribution in [2.24, 2.45) is 0 Å². The fourth-order valence-corrected chi connectivity index (χ4v) is 1.38. The van der Waals surface area contributed by atoms with Crippen LogP contribution in [0.5, 0.6) is 5.75 Å². The summed E-state index contributed by atoms with van der Waals surface area (Å²) >= 11 is 0. The number of hydrogen-bond donors (Lipinski definition) is 1. The number of amides is 1. The Hall–Kier alpha value is -1.71. The van der Waals surface area contributed by atoms with Gasteiger partial charge in [-0.05, 0) is 30.5 Å². The molecule has 0 saturated carbocycles. The summed E-state index contributed by atoms with van der Waals surface area (Å²) in [7, 11) is 1.64. The van der Waals surface area contributed by atoms with Crippen molar-refractivity contribution in [3.8, 4) is 5.75 Å². The van der Waals surface area contributed by atoms with Gasteiger partial charge in [-0.3, -0.25) is 0 Å². The van der Waals surface area contributed by atoms with Gasteiger partial charge in [0.2, 0.25) is 0 Å². The number of ether oxygens (including phenoxy) is 2. The lowest BCUT2D eigenvalue weighted by molar-refractivity contribution is 0.146. The average molecular weight is 237 g/mol. The van der Waals surface area contributed by atoms with Crippen LogP contribution in [0.4, 0.5) is 4.79 Å². The summed E-state index contributed by atoms with van der Waals surface area (Å²) in [6.07, 6.45) is 1.25. The van der Waals surface area contributed by atoms with E-state index in [-0.39, 0.29) is 6.09 Å². The van der Waals surface area contributed by atoms with Crippen LogP contribution in [0.15, 0.2) is 24.3 Å². The standard InChI is InChI=1S/C13H19NO3/c1-3-9-17-13(15)14-8-7-11-5-4-6-12(10-11)16-2/h4-6,10H,3,7-9H2,1-2H3,(H,14,15). The molecule has 1 N–H and O–H groups in total. The number of alkyl carbamates (subject to hydrolysis) is 1. The molecule has 0 aromatic heterocycles. The smallest absolute Gasteiger partial charge is 0.407 e. The molecule has 94 valence electrons. The van der Waals surface area contributed by atoms with E-state index >= 15 is 0 Å². The predicted octanol–water partition coefficient (Wildman–Crippen LogP) is 2.37. The van der Waals surface area contributed by atoms with Crippen LogP contribution in [0.25, 0.3) is 0 Å². The number of hydrogen-bond acceptors (Lipinski definition) is 3. The molecule has 0 atom stereocenters. The first-order valence-corrected chi connectivity index (χ1v) is 5.79. The summed E-state index contributed by atoms with van der Waals surface area (Å²) in [5, 5.41) is 2.70. The Morgan fingerprint density at radius 1 is 1.41 bits per heavy atom. The minimum atomic E-state index is -0.352. The summed E-state index contributed by atoms with van der Waals surface area (Å²) in [6, 6.07) is 7.79. The Labute approximate surface area is 102 Å². The van der Waals surface area contributed by atoms with Gasteiger partial charge in [0.05, 0.1) is 13.7 Å². The molecule has 0 heterocycles. The fraction of sp³-hybridized carbons (Fsp3) is 0.462. The van der Waals surface area contributed by atoms with Crippen LogP contribution in [0.3, 0.4) is 0 Å². The summed E-state index contributed by atoms with van der Waals surface area (Å²) in [5.74, 6) is 0.830. The molecule has 1 amide bonds. The number of carbonyl (C=O) groups excluding carboxylic acids is 1. The highest BCUT2D eigenvalue weighted by Gasteiger charge is 2.01. The van der Waals surface area contributed by atoms with Gasteiger partial charge in [-0.25, -0.2) is 4.79 Å². The molecular weight excluding hydrogens is 218 g/mol. The highest BCUT2D eigenvalue weighted by molar-refractivity contribution is 5.67. The van der Waals surface area contributed by atoms with Gasteiger partial charge in [0, 0.05) is 6.54 Å². The zero-order valence-corrected chi connectivity index (χ0v) is 10.4. The minimum absolute atomic E-state index is 0.352. The second-order valence-corrected chi connectivity index (χ2v) is 3.66. The molecule has 0 fully saturated rings. The molecule has 4 nitrogen and oxygen atoms in total. The maximum absolute atomic E-state index is 11.2. The van der Waals surface area contributed by atoms with Gasteiger partial charge in [-0.15, -0.1) is 0 Å². The molecule has 0 unspecified atom stereocenters. The van der Waals surface area contributed by atoms with E-state index < -0.39 is 0 Å². The van der Waals surface area contributed by atoms with Gasteiger partial charge < -0.3 is 14.8 Å². The van der Waals surface area contributed by atoms with Gasteiger partial charge in [-0.1, -0.05) is 19.1 Å². The third kappa shape index (κ3) is 5.24. The van der Waals surface area contributed by atoms with E-state index in [1.165, 1.54) is 0 Å². The largest absolute Gasteiger partial charge is 0.497 e. The van der Waals surface area contributed by atoms with Crippen LogP contribution < -0.4 is 10.1 Å². The topological polar surface area (TPSA) is 47.6 Å². The van der Waals surface area contributed by atoms with Crippen molar-refractivity contribution in [2.75, 3.05) is 20.3 Å². The highest BCUT2D eigenvalue weighted by Crippen LogP contribution is 2.12. The average Bonchev–Trinajstić information content (AvgIpc) is 2.36. The van der Waals surface area contributed by atoms with Gasteiger partial charge in [0.15, 0.2) is 0 Å². The number of carbonyl (C=O) groups is 1. The Kier molecular flexibility index (Phi) is 5.93. The first-order chi connectivity index (χ1) is 8.26. The second kappa shape index (κ2) is 7.54. The van der Waals surface area contributed by atoms with Crippen LogP contribution in [0, 0.1) is 0 Å². The molecule has 0 radical (unpaired) electrons. The van der Waals surface area contributed by atoms with Gasteiger partial charge in [0.25, 0.3) is 0 Å². The Morgan fingerprint density at radius 2 is 2.24 bits per heavy atom. The van der Waals surface area contributed by atoms with Crippen LogP contribution in [-0.4, -0.2) is 26.4 Å². The molecule has 4 heteroatoms. The van der Waals surface area contributed by atoms with E-state index in [0.717, 1.165) is 24.2 Å². The Balaban J connectivity index is 2.28. The minimum Gasteiger partial charge on any atom is -0.497 e. The molecule has 0 saturated heterocycles. The first-order valence-electron chi connectivity index (χ1n) is 5.79. The monoisotopic (exact) mass is 237 g/mol. The summed E-state index contributed by atoms with van der Waals surface area (Å²) in [5.41, 5.74) is 1.13. The third-order valence-electron chi connectivity index (χ3n) is 2.25. The number of benzene rings is 1. The van der Waals surface area contributed by atoms with E-state index in [0.29, 0.717) is 13.2 Å². The van der Waals surface area contributed by atoms with Crippen molar-refractivity contribution in [1.29, 1.82) is 0 Å². The van der Waals surface area contributed by atoms with Gasteiger partial charge >= 0.3 is 6.09 Å². The fourth-order valence-electron chi connectivity index (χ4n) is 1.38. The van der Waals surface area contributed by atoms with E-state index in [1.54, 1.807) is 7.11 Å². The van der Waals surface area contributed by atoms with Crippen molar-refractivity contribution in [2.45, 2.75) is 19.8 Å². The third-order valence-corrected chi connectivity index (χ3v) is 2.25. The zero-order chi connectivity index (χ0) is 12.5. The number of methoxy groups -OCH3 is 1. The first kappa shape index (κ1) is 13.4. The molecule has 0 spiro atoms. The SMILES string of the molecule is CCCOC(=O)NCCc1cccc(OC)c1. The van der Waals surface area contributed by atoms with E-state index in [9.17, 15) is 4.79 Å². The Bertz CT molecular complexity index is 352. The molecule has 0 bridgehead atoms. The van der Waals surface area contributed by atoms with Crippen molar-refractivity contribution in [3.63, 3.8) is 0 Å². The molecular formula is C13H19NO3. The van der Waals surface area contributed by atoms with Gasteiger partial charge in [-0.2, -0.15) is 0 Å². The maximum atomic E-state index is 11.2. The molecule has 0 aliphatic heterocycles. The lowest BCUT2D eigenvalue weighted by atomic mass is 10.1. The predicted molar refractivity (Wildman–Crippen MR) is 66.3 cm³/mol. The molecule has 1 aromatic carbocycles. The van der Waals surface area contributed by atoms with E-state index in [4.69, 9.17) is 9.47 Å². The molecule has 1 rings (SSSR count). The van der Waals surface area contributed by atoms with E-state index in [2.05, 4.69) is 5.32 Å². The summed E-state index contributed by atoms with van der Waals surface area (Å²) < 4.78 is 10.0. The number of rotatable bonds is 6. The lowest BCUT2D eigenvalue weighted by Gasteiger charge is -2.07. The van der Waals surface area contributed by atoms with Crippen molar-refractivity contribution in [3.05, 3.63) is 29.8 Å². The zero-order valence-electron chi connectivity index (χ0n) is 10.4. The lowest BCUT2D eigenvalue weighted by Crippen LogP contribution is -2.26. The molecule has 0 aliphatic carbocycles. The summed E-state index contributed by atoms with van der Waals surface area (Å²) in [4.78, 5) is 11.2. The molecule has 0 aliphatic rings. The quantitative estimate of drug-likeness (QED) is 0.826. The van der Waals surface area contributed by atoms with Crippen LogP contribution in [0.1, 0.15) is 18.9 Å². The van der Waals surface area contributed by atoms with Crippen LogP contribution in [-0.2, 0) is 11.2 Å². The maximum Gasteiger partial charge on any atom is 0.407 e. The molecule has 1 aromatic rings. The normalized spacial score (nSPS) is 9.76.